The van der Waals surface area contributed by atoms with Crippen LogP contribution >= 0.6 is 0 Å². The van der Waals surface area contributed by atoms with Crippen molar-refractivity contribution >= 4 is 22.5 Å². The van der Waals surface area contributed by atoms with E-state index in [9.17, 15) is 9.59 Å². The van der Waals surface area contributed by atoms with Crippen molar-refractivity contribution in [3.63, 3.8) is 0 Å². The molecule has 5 N–H and O–H groups in total. The number of nitrogens with two attached hydrogens (primary N) is 1. The van der Waals surface area contributed by atoms with Gasteiger partial charge >= 0.3 is 0 Å². The van der Waals surface area contributed by atoms with Gasteiger partial charge in [0.25, 0.3) is 11.5 Å². The van der Waals surface area contributed by atoms with Crippen LogP contribution in [0.15, 0.2) is 29.1 Å². The first-order valence-corrected chi connectivity index (χ1v) is 7.60. The summed E-state index contributed by atoms with van der Waals surface area (Å²) in [6.45, 7) is 0.373. The molecule has 1 aromatic carbocycles. The van der Waals surface area contributed by atoms with Crippen LogP contribution in [0.5, 0.6) is 0 Å². The molecule has 9 nitrogen and oxygen atoms in total. The molecule has 0 aliphatic carbocycles. The van der Waals surface area contributed by atoms with Gasteiger partial charge < -0.3 is 11.1 Å². The first-order valence-electron chi connectivity index (χ1n) is 7.60. The fourth-order valence-electron chi connectivity index (χ4n) is 2.54. The fourth-order valence-corrected chi connectivity index (χ4v) is 2.54. The third-order valence-corrected chi connectivity index (χ3v) is 3.78. The average molecular weight is 337 g/mol. The van der Waals surface area contributed by atoms with Gasteiger partial charge in [-0.1, -0.05) is 18.2 Å². The van der Waals surface area contributed by atoms with E-state index >= 15 is 0 Å². The molecular weight excluding hydrogens is 322 g/mol. The van der Waals surface area contributed by atoms with Crippen molar-refractivity contribution in [2.24, 2.45) is 0 Å². The predicted octanol–water partition coefficient (Wildman–Crippen LogP) is 0.463. The first kappa shape index (κ1) is 16.2. The molecule has 126 valence electrons. The highest BCUT2D eigenvalue weighted by Crippen LogP contribution is 2.14. The molecule has 1 amide bonds. The molecule has 0 aliphatic heterocycles. The molecule has 25 heavy (non-hydrogen) atoms. The number of H-pyrrole nitrogens is 2. The van der Waals surface area contributed by atoms with Gasteiger partial charge in [-0.15, -0.1) is 0 Å². The summed E-state index contributed by atoms with van der Waals surface area (Å²) in [5.74, 6) is -0.206. The number of amides is 1. The minimum Gasteiger partial charge on any atom is -0.381 e. The Kier molecular flexibility index (Phi) is 4.43. The van der Waals surface area contributed by atoms with E-state index in [0.29, 0.717) is 41.4 Å². The zero-order valence-corrected chi connectivity index (χ0v) is 13.2. The zero-order chi connectivity index (χ0) is 17.8. The van der Waals surface area contributed by atoms with Crippen LogP contribution in [0.3, 0.4) is 0 Å². The van der Waals surface area contributed by atoms with Crippen molar-refractivity contribution in [3.8, 4) is 6.07 Å². The Bertz CT molecular complexity index is 1030. The maximum atomic E-state index is 12.3. The molecule has 0 saturated carbocycles. The Morgan fingerprint density at radius 1 is 1.24 bits per heavy atom. The molecule has 3 rings (SSSR count). The van der Waals surface area contributed by atoms with Crippen LogP contribution in [0.1, 0.15) is 28.2 Å². The lowest BCUT2D eigenvalue weighted by Gasteiger charge is -2.06. The summed E-state index contributed by atoms with van der Waals surface area (Å²) in [6.07, 6.45) is 1.11. The number of fused-ring (bicyclic) bond motifs is 1. The fraction of sp³-hybridized carbons (Fsp3) is 0.188. The summed E-state index contributed by atoms with van der Waals surface area (Å²) in [5.41, 5.74) is 6.37. The monoisotopic (exact) mass is 337 g/mol. The summed E-state index contributed by atoms with van der Waals surface area (Å²) < 4.78 is 0. The van der Waals surface area contributed by atoms with Crippen LogP contribution in [0, 0.1) is 11.3 Å². The Hall–Kier alpha value is -3.67. The Labute approximate surface area is 141 Å². The summed E-state index contributed by atoms with van der Waals surface area (Å²) >= 11 is 0. The van der Waals surface area contributed by atoms with E-state index < -0.39 is 0 Å². The second-order valence-corrected chi connectivity index (χ2v) is 5.38. The number of nitriles is 1. The molecule has 0 saturated heterocycles. The van der Waals surface area contributed by atoms with E-state index in [-0.39, 0.29) is 23.0 Å². The van der Waals surface area contributed by atoms with Crippen molar-refractivity contribution < 1.29 is 4.79 Å². The number of aryl methyl sites for hydroxylation is 1. The third-order valence-electron chi connectivity index (χ3n) is 3.78. The van der Waals surface area contributed by atoms with Crippen LogP contribution in [0.2, 0.25) is 0 Å². The number of carbonyl (C=O) groups excluding carboxylic acids is 1. The highest BCUT2D eigenvalue weighted by molar-refractivity contribution is 6.04. The Morgan fingerprint density at radius 2 is 2.00 bits per heavy atom. The molecule has 0 atom stereocenters. The number of hydrogen-bond donors (Lipinski definition) is 4. The highest BCUT2D eigenvalue weighted by atomic mass is 16.2. The summed E-state index contributed by atoms with van der Waals surface area (Å²) in [5, 5.41) is 25.3. The molecular formula is C16H15N7O2. The number of nitrogen functional groups attached to an aromatic ring is 1. The van der Waals surface area contributed by atoms with Crippen molar-refractivity contribution in [1.82, 2.24) is 25.7 Å². The van der Waals surface area contributed by atoms with E-state index in [4.69, 9.17) is 11.0 Å². The van der Waals surface area contributed by atoms with Gasteiger partial charge in [-0.25, -0.2) is 5.10 Å². The van der Waals surface area contributed by atoms with Gasteiger partial charge in [0, 0.05) is 11.9 Å². The van der Waals surface area contributed by atoms with E-state index in [2.05, 4.69) is 25.7 Å². The van der Waals surface area contributed by atoms with Crippen molar-refractivity contribution in [3.05, 3.63) is 51.6 Å². The molecule has 0 fully saturated rings. The summed E-state index contributed by atoms with van der Waals surface area (Å²) in [7, 11) is 0. The quantitative estimate of drug-likeness (QED) is 0.496. The molecule has 9 heteroatoms. The average Bonchev–Trinajstić information content (AvgIpc) is 2.98. The molecule has 2 aromatic heterocycles. The van der Waals surface area contributed by atoms with Crippen molar-refractivity contribution in [2.45, 2.75) is 12.8 Å². The lowest BCUT2D eigenvalue weighted by atomic mass is 10.1. The third kappa shape index (κ3) is 3.18. The van der Waals surface area contributed by atoms with Gasteiger partial charge in [0.1, 0.15) is 11.6 Å². The minimum atomic E-state index is -0.378. The predicted molar refractivity (Wildman–Crippen MR) is 90.7 cm³/mol. The van der Waals surface area contributed by atoms with Crippen molar-refractivity contribution in [1.29, 1.82) is 5.26 Å². The number of nitrogens with zero attached hydrogens (tertiary/aromatic N) is 3. The topological polar surface area (TPSA) is 153 Å². The van der Waals surface area contributed by atoms with Gasteiger partial charge in [-0.3, -0.25) is 14.7 Å². The van der Waals surface area contributed by atoms with Crippen LogP contribution in [0.4, 0.5) is 5.82 Å². The van der Waals surface area contributed by atoms with Gasteiger partial charge in [0.15, 0.2) is 11.5 Å². The number of carbonyl (C=O) groups is 1. The summed E-state index contributed by atoms with van der Waals surface area (Å²) in [4.78, 5) is 24.1. The van der Waals surface area contributed by atoms with E-state index in [1.807, 2.05) is 6.07 Å². The Balaban J connectivity index is 1.65. The lowest BCUT2D eigenvalue weighted by Crippen LogP contribution is -2.27. The normalized spacial score (nSPS) is 10.5. The largest absolute Gasteiger partial charge is 0.381 e. The van der Waals surface area contributed by atoms with Gasteiger partial charge in [-0.2, -0.15) is 15.5 Å². The van der Waals surface area contributed by atoms with E-state index in [1.165, 1.54) is 0 Å². The first-order chi connectivity index (χ1) is 12.1. The molecule has 2 heterocycles. The zero-order valence-electron chi connectivity index (χ0n) is 13.2. The van der Waals surface area contributed by atoms with Gasteiger partial charge in [0.2, 0.25) is 0 Å². The standard InChI is InChI=1S/C16H15N7O2/c17-8-11-12(20-22-14(11)18)6-3-7-19-16(25)13-9-4-1-2-5-10(9)15(24)23-21-13/h1-2,4-5H,3,6-7H2,(H,19,25)(H,23,24)(H3,18,20,22). The maximum Gasteiger partial charge on any atom is 0.272 e. The number of hydrogen-bond acceptors (Lipinski definition) is 6. The number of nitrogens with one attached hydrogen (secondary N) is 3. The number of anilines is 1. The SMILES string of the molecule is N#Cc1c(N)n[nH]c1CCCNC(=O)c1n[nH]c(=O)c2ccccc12. The van der Waals surface area contributed by atoms with Crippen molar-refractivity contribution in [2.75, 3.05) is 12.3 Å². The van der Waals surface area contributed by atoms with E-state index in [0.717, 1.165) is 0 Å². The lowest BCUT2D eigenvalue weighted by molar-refractivity contribution is 0.0949. The number of aromatic nitrogens is 4. The van der Waals surface area contributed by atoms with Crippen LogP contribution in [0.25, 0.3) is 10.8 Å². The molecule has 0 aliphatic rings. The summed E-state index contributed by atoms with van der Waals surface area (Å²) in [6, 6.07) is 8.78. The Morgan fingerprint density at radius 3 is 2.76 bits per heavy atom. The van der Waals surface area contributed by atoms with E-state index in [1.54, 1.807) is 24.3 Å². The molecule has 0 bridgehead atoms. The highest BCUT2D eigenvalue weighted by Gasteiger charge is 2.14. The second kappa shape index (κ2) is 6.84. The van der Waals surface area contributed by atoms with Crippen LogP contribution in [-0.2, 0) is 6.42 Å². The molecule has 0 radical (unpaired) electrons. The molecule has 0 spiro atoms. The van der Waals surface area contributed by atoms with Gasteiger partial charge in [-0.05, 0) is 18.9 Å². The van der Waals surface area contributed by atoms with Crippen LogP contribution in [-0.4, -0.2) is 32.8 Å². The molecule has 0 unspecified atom stereocenters. The smallest absolute Gasteiger partial charge is 0.272 e. The maximum absolute atomic E-state index is 12.3. The minimum absolute atomic E-state index is 0.165. The number of aromatic amines is 2. The number of rotatable bonds is 5. The number of benzene rings is 1. The van der Waals surface area contributed by atoms with Crippen LogP contribution < -0.4 is 16.6 Å². The van der Waals surface area contributed by atoms with Gasteiger partial charge in [0.05, 0.1) is 11.1 Å². The molecule has 3 aromatic rings. The second-order valence-electron chi connectivity index (χ2n) is 5.38.